The molecule has 2 aliphatic rings. The number of hydrogen-bond donors (Lipinski definition) is 0. The van der Waals surface area contributed by atoms with E-state index < -0.39 is 0 Å². The van der Waals surface area contributed by atoms with Gasteiger partial charge in [-0.2, -0.15) is 0 Å². The Balaban J connectivity index is 1.66. The maximum Gasteiger partial charge on any atom is 0.257 e. The summed E-state index contributed by atoms with van der Waals surface area (Å²) in [5.74, 6) is 0.822. The number of morpholine rings is 1. The molecule has 138 valence electrons. The number of benzene rings is 1. The molecule has 1 aromatic rings. The van der Waals surface area contributed by atoms with Crippen LogP contribution in [0.5, 0.6) is 5.75 Å². The molecule has 0 spiro atoms. The average Bonchev–Trinajstić information content (AvgIpc) is 2.68. The Kier molecular flexibility index (Phi) is 6.70. The number of rotatable bonds is 6. The molecule has 0 aromatic heterocycles. The van der Waals surface area contributed by atoms with E-state index in [4.69, 9.17) is 9.47 Å². The number of carbonyl (C=O) groups is 1. The van der Waals surface area contributed by atoms with Crippen LogP contribution in [-0.2, 0) is 4.74 Å². The van der Waals surface area contributed by atoms with Gasteiger partial charge in [0.05, 0.1) is 25.4 Å². The summed E-state index contributed by atoms with van der Waals surface area (Å²) < 4.78 is 11.1. The molecule has 1 atom stereocenters. The summed E-state index contributed by atoms with van der Waals surface area (Å²) >= 11 is 0. The van der Waals surface area contributed by atoms with Gasteiger partial charge in [0.2, 0.25) is 0 Å². The zero-order chi connectivity index (χ0) is 17.5. The zero-order valence-corrected chi connectivity index (χ0v) is 15.3. The van der Waals surface area contributed by atoms with Gasteiger partial charge in [-0.15, -0.1) is 0 Å². The van der Waals surface area contributed by atoms with E-state index >= 15 is 0 Å². The average molecular weight is 346 g/mol. The van der Waals surface area contributed by atoms with Crippen LogP contribution in [0.4, 0.5) is 0 Å². The first kappa shape index (κ1) is 18.2. The third-order valence-electron chi connectivity index (χ3n) is 5.19. The van der Waals surface area contributed by atoms with Crippen LogP contribution in [0.25, 0.3) is 0 Å². The van der Waals surface area contributed by atoms with Crippen LogP contribution in [0.15, 0.2) is 24.3 Å². The molecule has 0 saturated carbocycles. The largest absolute Gasteiger partial charge is 0.493 e. The molecule has 0 radical (unpaired) electrons. The van der Waals surface area contributed by atoms with Crippen molar-refractivity contribution >= 4 is 5.91 Å². The predicted octanol–water partition coefficient (Wildman–Crippen LogP) is 2.80. The van der Waals surface area contributed by atoms with Gasteiger partial charge in [0.1, 0.15) is 5.75 Å². The lowest BCUT2D eigenvalue weighted by Crippen LogP contribution is -2.46. The molecule has 0 unspecified atom stereocenters. The maximum absolute atomic E-state index is 13.2. The highest BCUT2D eigenvalue weighted by Crippen LogP contribution is 2.26. The molecule has 1 amide bonds. The molecule has 25 heavy (non-hydrogen) atoms. The van der Waals surface area contributed by atoms with Crippen LogP contribution >= 0.6 is 0 Å². The fourth-order valence-electron chi connectivity index (χ4n) is 3.80. The van der Waals surface area contributed by atoms with E-state index in [1.54, 1.807) is 0 Å². The number of nitrogens with zero attached hydrogens (tertiary/aromatic N) is 2. The Morgan fingerprint density at radius 1 is 1.20 bits per heavy atom. The Hall–Kier alpha value is -1.59. The van der Waals surface area contributed by atoms with Gasteiger partial charge in [-0.3, -0.25) is 9.69 Å². The highest BCUT2D eigenvalue weighted by molar-refractivity contribution is 5.97. The number of ether oxygens (including phenoxy) is 2. The molecule has 2 aliphatic heterocycles. The summed E-state index contributed by atoms with van der Waals surface area (Å²) in [7, 11) is 0. The van der Waals surface area contributed by atoms with Crippen molar-refractivity contribution in [3.8, 4) is 5.75 Å². The lowest BCUT2D eigenvalue weighted by Gasteiger charge is -2.37. The van der Waals surface area contributed by atoms with Gasteiger partial charge in [0.15, 0.2) is 0 Å². The highest BCUT2D eigenvalue weighted by atomic mass is 16.5. The van der Waals surface area contributed by atoms with Crippen molar-refractivity contribution in [2.45, 2.75) is 38.6 Å². The lowest BCUT2D eigenvalue weighted by atomic mass is 9.97. The van der Waals surface area contributed by atoms with Gasteiger partial charge in [-0.1, -0.05) is 12.1 Å². The minimum atomic E-state index is 0.121. The second-order valence-electron chi connectivity index (χ2n) is 6.82. The Bertz CT molecular complexity index is 558. The van der Waals surface area contributed by atoms with Crippen LogP contribution in [-0.4, -0.2) is 67.7 Å². The second-order valence-corrected chi connectivity index (χ2v) is 6.82. The summed E-state index contributed by atoms with van der Waals surface area (Å²) in [5, 5.41) is 0. The van der Waals surface area contributed by atoms with Crippen LogP contribution < -0.4 is 4.74 Å². The van der Waals surface area contributed by atoms with Gasteiger partial charge in [0.25, 0.3) is 5.91 Å². The van der Waals surface area contributed by atoms with Crippen molar-refractivity contribution < 1.29 is 14.3 Å². The Morgan fingerprint density at radius 2 is 2.00 bits per heavy atom. The molecule has 2 heterocycles. The minimum absolute atomic E-state index is 0.121. The van der Waals surface area contributed by atoms with Gasteiger partial charge >= 0.3 is 0 Å². The van der Waals surface area contributed by atoms with Crippen molar-refractivity contribution in [1.29, 1.82) is 0 Å². The summed E-state index contributed by atoms with van der Waals surface area (Å²) in [5.41, 5.74) is 0.697. The molecule has 0 N–H and O–H groups in total. The summed E-state index contributed by atoms with van der Waals surface area (Å²) in [6, 6.07) is 7.96. The maximum atomic E-state index is 13.2. The molecule has 2 fully saturated rings. The zero-order valence-electron chi connectivity index (χ0n) is 15.3. The summed E-state index contributed by atoms with van der Waals surface area (Å²) in [4.78, 5) is 17.7. The third-order valence-corrected chi connectivity index (χ3v) is 5.19. The van der Waals surface area contributed by atoms with Crippen molar-refractivity contribution in [2.24, 2.45) is 0 Å². The van der Waals surface area contributed by atoms with Crippen molar-refractivity contribution in [2.75, 3.05) is 46.0 Å². The highest BCUT2D eigenvalue weighted by Gasteiger charge is 2.29. The monoisotopic (exact) mass is 346 g/mol. The quantitative estimate of drug-likeness (QED) is 0.794. The van der Waals surface area contributed by atoms with Crippen molar-refractivity contribution in [1.82, 2.24) is 9.80 Å². The van der Waals surface area contributed by atoms with Crippen LogP contribution in [0, 0.1) is 0 Å². The first-order valence-corrected chi connectivity index (χ1v) is 9.62. The van der Waals surface area contributed by atoms with Crippen molar-refractivity contribution in [3.63, 3.8) is 0 Å². The first-order valence-electron chi connectivity index (χ1n) is 9.62. The molecule has 0 aliphatic carbocycles. The van der Waals surface area contributed by atoms with E-state index in [0.29, 0.717) is 24.0 Å². The van der Waals surface area contributed by atoms with Crippen molar-refractivity contribution in [3.05, 3.63) is 29.8 Å². The number of para-hydroxylation sites is 1. The van der Waals surface area contributed by atoms with Crippen LogP contribution in [0.3, 0.4) is 0 Å². The van der Waals surface area contributed by atoms with Gasteiger partial charge < -0.3 is 14.4 Å². The third kappa shape index (κ3) is 4.73. The Labute approximate surface area is 150 Å². The van der Waals surface area contributed by atoms with E-state index in [-0.39, 0.29) is 5.91 Å². The van der Waals surface area contributed by atoms with E-state index in [9.17, 15) is 4.79 Å². The van der Waals surface area contributed by atoms with Crippen LogP contribution in [0.2, 0.25) is 0 Å². The van der Waals surface area contributed by atoms with Gasteiger partial charge in [-0.05, 0) is 44.7 Å². The Morgan fingerprint density at radius 3 is 2.80 bits per heavy atom. The number of amides is 1. The number of likely N-dealkylation sites (tertiary alicyclic amines) is 1. The van der Waals surface area contributed by atoms with Gasteiger partial charge in [-0.25, -0.2) is 0 Å². The molecule has 5 heteroatoms. The van der Waals surface area contributed by atoms with E-state index in [1.807, 2.05) is 31.2 Å². The fraction of sp³-hybridized carbons (Fsp3) is 0.650. The molecule has 0 bridgehead atoms. The second kappa shape index (κ2) is 9.20. The van der Waals surface area contributed by atoms with E-state index in [0.717, 1.165) is 58.7 Å². The fourth-order valence-corrected chi connectivity index (χ4v) is 3.80. The smallest absolute Gasteiger partial charge is 0.257 e. The molecule has 1 aromatic carbocycles. The summed E-state index contributed by atoms with van der Waals surface area (Å²) in [6.45, 7) is 8.10. The van der Waals surface area contributed by atoms with E-state index in [1.165, 1.54) is 6.42 Å². The first-order chi connectivity index (χ1) is 12.3. The standard InChI is InChI=1S/C20H30N2O3/c1-2-25-19-9-4-3-8-18(19)20(23)22-11-6-5-7-17(22)10-12-21-13-15-24-16-14-21/h3-4,8-9,17H,2,5-7,10-16H2,1H3/t17-/m1/s1. The molecular weight excluding hydrogens is 316 g/mol. The summed E-state index contributed by atoms with van der Waals surface area (Å²) in [6.07, 6.45) is 4.46. The van der Waals surface area contributed by atoms with E-state index in [2.05, 4.69) is 9.80 Å². The predicted molar refractivity (Wildman–Crippen MR) is 98.2 cm³/mol. The molecule has 5 nitrogen and oxygen atoms in total. The lowest BCUT2D eigenvalue weighted by molar-refractivity contribution is 0.0295. The number of carbonyl (C=O) groups excluding carboxylic acids is 1. The van der Waals surface area contributed by atoms with Gasteiger partial charge in [0, 0.05) is 32.2 Å². The molecule has 3 rings (SSSR count). The molecular formula is C20H30N2O3. The SMILES string of the molecule is CCOc1ccccc1C(=O)N1CCCC[C@@H]1CCN1CCOCC1. The number of hydrogen-bond acceptors (Lipinski definition) is 4. The minimum Gasteiger partial charge on any atom is -0.493 e. The van der Waals surface area contributed by atoms with Crippen LogP contribution in [0.1, 0.15) is 43.0 Å². The number of piperidine rings is 1. The normalized spacial score (nSPS) is 22.0. The topological polar surface area (TPSA) is 42.0 Å². The molecule has 2 saturated heterocycles.